The lowest BCUT2D eigenvalue weighted by Gasteiger charge is -2.37. The number of nitrogens with zero attached hydrogens (tertiary/aromatic N) is 3. The van der Waals surface area contributed by atoms with Crippen LogP contribution >= 0.6 is 11.3 Å². The first-order valence-electron chi connectivity index (χ1n) is 12.2. The van der Waals surface area contributed by atoms with Crippen molar-refractivity contribution in [3.8, 4) is 0 Å². The molecular formula is C28H30FN3O2S. The molecule has 0 radical (unpaired) electrons. The van der Waals surface area contributed by atoms with Crippen molar-refractivity contribution in [1.82, 2.24) is 14.7 Å². The number of hydrogen-bond acceptors (Lipinski definition) is 4. The Kier molecular flexibility index (Phi) is 6.97. The van der Waals surface area contributed by atoms with Gasteiger partial charge >= 0.3 is 0 Å². The molecule has 182 valence electrons. The van der Waals surface area contributed by atoms with Gasteiger partial charge in [0.2, 0.25) is 5.91 Å². The Hall–Kier alpha value is -3.03. The number of thiophene rings is 1. The zero-order chi connectivity index (χ0) is 24.4. The van der Waals surface area contributed by atoms with Crippen molar-refractivity contribution in [3.63, 3.8) is 0 Å². The molecule has 2 aromatic carbocycles. The van der Waals surface area contributed by atoms with Gasteiger partial charge in [0, 0.05) is 43.2 Å². The van der Waals surface area contributed by atoms with E-state index in [4.69, 9.17) is 0 Å². The van der Waals surface area contributed by atoms with E-state index in [9.17, 15) is 14.0 Å². The highest BCUT2D eigenvalue weighted by atomic mass is 32.1. The van der Waals surface area contributed by atoms with Gasteiger partial charge < -0.3 is 9.80 Å². The molecule has 35 heavy (non-hydrogen) atoms. The summed E-state index contributed by atoms with van der Waals surface area (Å²) in [6, 6.07) is 16.3. The number of aryl methyl sites for hydroxylation is 1. The molecule has 0 bridgehead atoms. The number of hydrogen-bond donors (Lipinski definition) is 0. The zero-order valence-corrected chi connectivity index (χ0v) is 20.8. The Morgan fingerprint density at radius 1 is 0.971 bits per heavy atom. The quantitative estimate of drug-likeness (QED) is 0.539. The number of halogens is 1. The third kappa shape index (κ3) is 5.16. The maximum Gasteiger partial charge on any atom is 0.253 e. The number of carbonyl (C=O) groups is 2. The summed E-state index contributed by atoms with van der Waals surface area (Å²) in [5.74, 6) is -0.178. The lowest BCUT2D eigenvalue weighted by molar-refractivity contribution is -0.132. The summed E-state index contributed by atoms with van der Waals surface area (Å²) < 4.78 is 14.1. The Morgan fingerprint density at radius 2 is 1.74 bits per heavy atom. The molecule has 2 aliphatic heterocycles. The van der Waals surface area contributed by atoms with Gasteiger partial charge in [0.15, 0.2) is 0 Å². The second kappa shape index (κ2) is 10.3. The fourth-order valence-electron chi connectivity index (χ4n) is 5.13. The summed E-state index contributed by atoms with van der Waals surface area (Å²) in [5.41, 5.74) is 3.86. The van der Waals surface area contributed by atoms with Gasteiger partial charge in [-0.1, -0.05) is 29.8 Å². The highest BCUT2D eigenvalue weighted by Gasteiger charge is 2.32. The fourth-order valence-corrected chi connectivity index (χ4v) is 6.03. The summed E-state index contributed by atoms with van der Waals surface area (Å²) in [5, 5.41) is 2.08. The van der Waals surface area contributed by atoms with Crippen LogP contribution in [0.4, 0.5) is 4.39 Å². The number of fused-ring (bicyclic) bond motifs is 1. The Labute approximate surface area is 209 Å². The minimum atomic E-state index is -0.262. The van der Waals surface area contributed by atoms with Gasteiger partial charge in [-0.25, -0.2) is 4.39 Å². The predicted octanol–water partition coefficient (Wildman–Crippen LogP) is 4.52. The van der Waals surface area contributed by atoms with E-state index in [0.29, 0.717) is 31.7 Å². The van der Waals surface area contributed by atoms with Crippen molar-refractivity contribution in [3.05, 3.63) is 92.9 Å². The zero-order valence-electron chi connectivity index (χ0n) is 20.0. The Morgan fingerprint density at radius 3 is 2.54 bits per heavy atom. The largest absolute Gasteiger partial charge is 0.340 e. The third-order valence-electron chi connectivity index (χ3n) is 7.00. The van der Waals surface area contributed by atoms with Crippen LogP contribution in [0.15, 0.2) is 60.0 Å². The van der Waals surface area contributed by atoms with Crippen LogP contribution < -0.4 is 0 Å². The number of carbonyl (C=O) groups excluding carboxylic acids is 2. The van der Waals surface area contributed by atoms with E-state index in [1.807, 2.05) is 47.1 Å². The van der Waals surface area contributed by atoms with Crippen molar-refractivity contribution in [2.24, 2.45) is 0 Å². The minimum Gasteiger partial charge on any atom is -0.340 e. The molecule has 3 aromatic rings. The molecule has 5 rings (SSSR count). The summed E-state index contributed by atoms with van der Waals surface area (Å²) >= 11 is 1.73. The van der Waals surface area contributed by atoms with Gasteiger partial charge in [0.05, 0.1) is 12.6 Å². The fraction of sp³-hybridized carbons (Fsp3) is 0.357. The summed E-state index contributed by atoms with van der Waals surface area (Å²) in [4.78, 5) is 33.6. The van der Waals surface area contributed by atoms with Gasteiger partial charge in [-0.15, -0.1) is 11.3 Å². The molecule has 0 saturated carbocycles. The molecule has 1 atom stereocenters. The van der Waals surface area contributed by atoms with Crippen LogP contribution in [0.3, 0.4) is 0 Å². The van der Waals surface area contributed by atoms with E-state index in [-0.39, 0.29) is 30.2 Å². The van der Waals surface area contributed by atoms with Crippen molar-refractivity contribution < 1.29 is 14.0 Å². The second-order valence-corrected chi connectivity index (χ2v) is 10.4. The molecule has 1 fully saturated rings. The summed E-state index contributed by atoms with van der Waals surface area (Å²) in [6.07, 6.45) is 1.65. The van der Waals surface area contributed by atoms with Crippen LogP contribution in [0, 0.1) is 12.7 Å². The first-order chi connectivity index (χ1) is 17.0. The van der Waals surface area contributed by atoms with Crippen LogP contribution in [-0.2, 0) is 11.2 Å². The SMILES string of the molecule is Cc1ccc(C(=O)N2CCCN(C(=O)CN3CCc4sccc4[C@@H]3c3cccc(F)c3)CC2)cc1. The highest BCUT2D eigenvalue weighted by molar-refractivity contribution is 7.10. The highest BCUT2D eigenvalue weighted by Crippen LogP contribution is 2.37. The molecule has 5 nitrogen and oxygen atoms in total. The van der Waals surface area contributed by atoms with Gasteiger partial charge in [-0.05, 0) is 66.6 Å². The monoisotopic (exact) mass is 491 g/mol. The molecule has 3 heterocycles. The predicted molar refractivity (Wildman–Crippen MR) is 136 cm³/mol. The first kappa shape index (κ1) is 23.7. The first-order valence-corrected chi connectivity index (χ1v) is 13.1. The van der Waals surface area contributed by atoms with Crippen molar-refractivity contribution >= 4 is 23.2 Å². The van der Waals surface area contributed by atoms with E-state index in [1.54, 1.807) is 23.5 Å². The average Bonchev–Trinajstić information content (AvgIpc) is 3.19. The molecule has 0 aliphatic carbocycles. The Balaban J connectivity index is 1.27. The molecule has 0 spiro atoms. The normalized spacial score (nSPS) is 18.7. The van der Waals surface area contributed by atoms with Gasteiger partial charge in [0.25, 0.3) is 5.91 Å². The average molecular weight is 492 g/mol. The van der Waals surface area contributed by atoms with Gasteiger partial charge in [-0.2, -0.15) is 0 Å². The van der Waals surface area contributed by atoms with Crippen molar-refractivity contribution in [2.45, 2.75) is 25.8 Å². The minimum absolute atomic E-state index is 0.0199. The number of amides is 2. The molecule has 1 aromatic heterocycles. The van der Waals surface area contributed by atoms with E-state index in [0.717, 1.165) is 30.5 Å². The Bertz CT molecular complexity index is 1210. The van der Waals surface area contributed by atoms with Crippen LogP contribution in [0.1, 0.15) is 44.4 Å². The van der Waals surface area contributed by atoms with E-state index in [2.05, 4.69) is 16.3 Å². The molecular weight excluding hydrogens is 461 g/mol. The van der Waals surface area contributed by atoms with Crippen LogP contribution in [0.25, 0.3) is 0 Å². The van der Waals surface area contributed by atoms with Crippen LogP contribution in [0.5, 0.6) is 0 Å². The maximum atomic E-state index is 14.1. The lowest BCUT2D eigenvalue weighted by atomic mass is 9.93. The van der Waals surface area contributed by atoms with Crippen molar-refractivity contribution in [2.75, 3.05) is 39.3 Å². The van der Waals surface area contributed by atoms with E-state index < -0.39 is 0 Å². The van der Waals surface area contributed by atoms with Crippen molar-refractivity contribution in [1.29, 1.82) is 0 Å². The van der Waals surface area contributed by atoms with E-state index in [1.165, 1.54) is 16.5 Å². The maximum absolute atomic E-state index is 14.1. The van der Waals surface area contributed by atoms with Gasteiger partial charge in [0.1, 0.15) is 5.82 Å². The molecule has 7 heteroatoms. The number of benzene rings is 2. The number of rotatable bonds is 4. The third-order valence-corrected chi connectivity index (χ3v) is 8.00. The smallest absolute Gasteiger partial charge is 0.253 e. The lowest BCUT2D eigenvalue weighted by Crippen LogP contribution is -2.45. The molecule has 0 unspecified atom stereocenters. The van der Waals surface area contributed by atoms with E-state index >= 15 is 0 Å². The van der Waals surface area contributed by atoms with Crippen LogP contribution in [0.2, 0.25) is 0 Å². The standard InChI is InChI=1S/C28H30FN3O2S/c1-20-6-8-21(9-7-20)28(34)31-13-3-12-30(15-16-31)26(33)19-32-14-10-25-24(11-17-35-25)27(32)22-4-2-5-23(29)18-22/h2,4-9,11,17-18,27H,3,10,12-16,19H2,1H3/t27-/m0/s1. The topological polar surface area (TPSA) is 43.9 Å². The molecule has 1 saturated heterocycles. The van der Waals surface area contributed by atoms with Crippen LogP contribution in [-0.4, -0.2) is 65.8 Å². The molecule has 2 amide bonds. The summed E-state index contributed by atoms with van der Waals surface area (Å²) in [7, 11) is 0. The molecule has 2 aliphatic rings. The van der Waals surface area contributed by atoms with Gasteiger partial charge in [-0.3, -0.25) is 14.5 Å². The second-order valence-electron chi connectivity index (χ2n) is 9.37. The summed E-state index contributed by atoms with van der Waals surface area (Å²) in [6.45, 7) is 5.38. The molecule has 0 N–H and O–H groups in total.